The Morgan fingerprint density at radius 3 is 2.22 bits per heavy atom. The molecule has 0 aromatic carbocycles. The molecule has 1 saturated carbocycles. The largest absolute Gasteiger partial charge is 0.353 e. The van der Waals surface area contributed by atoms with Gasteiger partial charge in [0.05, 0.1) is 5.69 Å². The van der Waals surface area contributed by atoms with Crippen molar-refractivity contribution in [1.29, 1.82) is 0 Å². The molecular weight excluding hydrogens is 343 g/mol. The highest BCUT2D eigenvalue weighted by Gasteiger charge is 2.30. The molecule has 2 aliphatic rings. The van der Waals surface area contributed by atoms with Crippen LogP contribution in [0.25, 0.3) is 0 Å². The Hall–Kier alpha value is -2.31. The molecule has 0 N–H and O–H groups in total. The van der Waals surface area contributed by atoms with Crippen molar-refractivity contribution in [3.63, 3.8) is 0 Å². The van der Waals surface area contributed by atoms with Crippen molar-refractivity contribution in [2.45, 2.75) is 52.4 Å². The Morgan fingerprint density at radius 2 is 1.63 bits per heavy atom. The zero-order chi connectivity index (χ0) is 19.0. The van der Waals surface area contributed by atoms with Crippen LogP contribution in [0.15, 0.2) is 6.33 Å². The third-order valence-electron chi connectivity index (χ3n) is 5.56. The van der Waals surface area contributed by atoms with Crippen molar-refractivity contribution in [3.05, 3.63) is 34.9 Å². The van der Waals surface area contributed by atoms with E-state index in [-0.39, 0.29) is 5.82 Å². The SMILES string of the molecule is CCc1ncnc(N2CCN(c3nc(C4CC4)nc(C)c3CC)CC2)c1F. The molecule has 0 bridgehead atoms. The lowest BCUT2D eigenvalue weighted by atomic mass is 10.1. The van der Waals surface area contributed by atoms with Crippen LogP contribution in [-0.2, 0) is 12.8 Å². The summed E-state index contributed by atoms with van der Waals surface area (Å²) in [6.07, 6.45) is 5.36. The van der Waals surface area contributed by atoms with Crippen molar-refractivity contribution < 1.29 is 4.39 Å². The van der Waals surface area contributed by atoms with Crippen molar-refractivity contribution in [2.24, 2.45) is 0 Å². The molecule has 1 aliphatic carbocycles. The molecule has 0 atom stereocenters. The van der Waals surface area contributed by atoms with E-state index in [9.17, 15) is 4.39 Å². The molecule has 6 nitrogen and oxygen atoms in total. The van der Waals surface area contributed by atoms with Gasteiger partial charge in [-0.1, -0.05) is 13.8 Å². The van der Waals surface area contributed by atoms with Gasteiger partial charge in [0.1, 0.15) is 18.0 Å². The lowest BCUT2D eigenvalue weighted by Gasteiger charge is -2.37. The Kier molecular flexibility index (Phi) is 4.93. The Labute approximate surface area is 159 Å². The second-order valence-electron chi connectivity index (χ2n) is 7.38. The van der Waals surface area contributed by atoms with E-state index in [1.807, 2.05) is 11.8 Å². The Morgan fingerprint density at radius 1 is 0.963 bits per heavy atom. The first-order valence-corrected chi connectivity index (χ1v) is 9.99. The zero-order valence-electron chi connectivity index (χ0n) is 16.4. The summed E-state index contributed by atoms with van der Waals surface area (Å²) in [6.45, 7) is 9.22. The van der Waals surface area contributed by atoms with E-state index in [0.717, 1.165) is 49.9 Å². The normalized spacial score (nSPS) is 17.5. The van der Waals surface area contributed by atoms with Crippen LogP contribution in [0.2, 0.25) is 0 Å². The third kappa shape index (κ3) is 3.47. The minimum Gasteiger partial charge on any atom is -0.353 e. The number of piperazine rings is 1. The van der Waals surface area contributed by atoms with Crippen molar-refractivity contribution in [2.75, 3.05) is 36.0 Å². The highest BCUT2D eigenvalue weighted by Crippen LogP contribution is 2.39. The van der Waals surface area contributed by atoms with E-state index in [0.29, 0.717) is 23.9 Å². The first-order valence-electron chi connectivity index (χ1n) is 9.99. The number of aryl methyl sites for hydroxylation is 2. The van der Waals surface area contributed by atoms with Gasteiger partial charge in [0.15, 0.2) is 11.6 Å². The highest BCUT2D eigenvalue weighted by molar-refractivity contribution is 5.52. The molecule has 2 aromatic rings. The van der Waals surface area contributed by atoms with E-state index in [4.69, 9.17) is 9.97 Å². The molecular formula is C20H27FN6. The molecule has 0 amide bonds. The van der Waals surface area contributed by atoms with Gasteiger partial charge in [-0.2, -0.15) is 0 Å². The summed E-state index contributed by atoms with van der Waals surface area (Å²) >= 11 is 0. The monoisotopic (exact) mass is 370 g/mol. The average Bonchev–Trinajstić information content (AvgIpc) is 3.53. The van der Waals surface area contributed by atoms with Crippen LogP contribution in [0.3, 0.4) is 0 Å². The van der Waals surface area contributed by atoms with Gasteiger partial charge in [0.25, 0.3) is 0 Å². The number of aromatic nitrogens is 4. The average molecular weight is 370 g/mol. The lowest BCUT2D eigenvalue weighted by molar-refractivity contribution is 0.567. The molecule has 3 heterocycles. The van der Waals surface area contributed by atoms with Crippen molar-refractivity contribution >= 4 is 11.6 Å². The van der Waals surface area contributed by atoms with Gasteiger partial charge in [0, 0.05) is 43.4 Å². The first-order chi connectivity index (χ1) is 13.1. The van der Waals surface area contributed by atoms with Gasteiger partial charge >= 0.3 is 0 Å². The maximum Gasteiger partial charge on any atom is 0.187 e. The number of hydrogen-bond acceptors (Lipinski definition) is 6. The molecule has 4 rings (SSSR count). The van der Waals surface area contributed by atoms with E-state index in [2.05, 4.69) is 28.7 Å². The summed E-state index contributed by atoms with van der Waals surface area (Å²) in [5.41, 5.74) is 2.81. The third-order valence-corrected chi connectivity index (χ3v) is 5.56. The van der Waals surface area contributed by atoms with Gasteiger partial charge < -0.3 is 9.80 Å². The predicted molar refractivity (Wildman–Crippen MR) is 104 cm³/mol. The Bertz CT molecular complexity index is 827. The van der Waals surface area contributed by atoms with Gasteiger partial charge in [0.2, 0.25) is 0 Å². The molecule has 1 aliphatic heterocycles. The number of halogens is 1. The molecule has 144 valence electrons. The summed E-state index contributed by atoms with van der Waals surface area (Å²) < 4.78 is 14.6. The summed E-state index contributed by atoms with van der Waals surface area (Å²) in [6, 6.07) is 0. The van der Waals surface area contributed by atoms with E-state index in [1.54, 1.807) is 0 Å². The fourth-order valence-corrected chi connectivity index (χ4v) is 3.79. The minimum atomic E-state index is -0.281. The summed E-state index contributed by atoms with van der Waals surface area (Å²) in [4.78, 5) is 22.3. The molecule has 0 radical (unpaired) electrons. The quantitative estimate of drug-likeness (QED) is 0.806. The van der Waals surface area contributed by atoms with Crippen LogP contribution < -0.4 is 9.80 Å². The predicted octanol–water partition coefficient (Wildman–Crippen LogP) is 3.04. The van der Waals surface area contributed by atoms with Gasteiger partial charge in [-0.25, -0.2) is 24.3 Å². The zero-order valence-corrected chi connectivity index (χ0v) is 16.4. The number of anilines is 2. The molecule has 2 aromatic heterocycles. The smallest absolute Gasteiger partial charge is 0.187 e. The maximum absolute atomic E-state index is 14.6. The van der Waals surface area contributed by atoms with Crippen LogP contribution in [0.5, 0.6) is 0 Å². The van der Waals surface area contributed by atoms with Crippen LogP contribution in [0, 0.1) is 12.7 Å². The van der Waals surface area contributed by atoms with Crippen LogP contribution in [0.4, 0.5) is 16.0 Å². The molecule has 27 heavy (non-hydrogen) atoms. The maximum atomic E-state index is 14.6. The van der Waals surface area contributed by atoms with Gasteiger partial charge in [-0.3, -0.25) is 0 Å². The molecule has 1 saturated heterocycles. The van der Waals surface area contributed by atoms with Crippen LogP contribution in [0.1, 0.15) is 55.4 Å². The van der Waals surface area contributed by atoms with E-state index >= 15 is 0 Å². The number of hydrogen-bond donors (Lipinski definition) is 0. The lowest BCUT2D eigenvalue weighted by Crippen LogP contribution is -2.48. The summed E-state index contributed by atoms with van der Waals surface area (Å²) in [7, 11) is 0. The summed E-state index contributed by atoms with van der Waals surface area (Å²) in [5, 5.41) is 0. The van der Waals surface area contributed by atoms with Crippen LogP contribution >= 0.6 is 0 Å². The molecule has 0 unspecified atom stereocenters. The standard InChI is InChI=1S/C20H27FN6/c1-4-15-13(3)24-18(14-6-7-14)25-19(15)26-8-10-27(11-9-26)20-17(21)16(5-2)22-12-23-20/h12,14H,4-11H2,1-3H3. The first kappa shape index (κ1) is 18.1. The minimum absolute atomic E-state index is 0.281. The van der Waals surface area contributed by atoms with Crippen molar-refractivity contribution in [3.8, 4) is 0 Å². The summed E-state index contributed by atoms with van der Waals surface area (Å²) in [5.74, 6) is 2.75. The van der Waals surface area contributed by atoms with E-state index in [1.165, 1.54) is 24.7 Å². The second kappa shape index (κ2) is 7.37. The fraction of sp³-hybridized carbons (Fsp3) is 0.600. The molecule has 7 heteroatoms. The Balaban J connectivity index is 1.54. The number of rotatable bonds is 5. The second-order valence-corrected chi connectivity index (χ2v) is 7.38. The van der Waals surface area contributed by atoms with Gasteiger partial charge in [-0.05, 0) is 32.6 Å². The van der Waals surface area contributed by atoms with E-state index < -0.39 is 0 Å². The molecule has 0 spiro atoms. The molecule has 2 fully saturated rings. The number of nitrogens with zero attached hydrogens (tertiary/aromatic N) is 6. The van der Waals surface area contributed by atoms with Crippen LogP contribution in [-0.4, -0.2) is 46.1 Å². The fourth-order valence-electron chi connectivity index (χ4n) is 3.79. The highest BCUT2D eigenvalue weighted by atomic mass is 19.1. The topological polar surface area (TPSA) is 58.0 Å². The van der Waals surface area contributed by atoms with Crippen molar-refractivity contribution in [1.82, 2.24) is 19.9 Å². The van der Waals surface area contributed by atoms with Gasteiger partial charge in [-0.15, -0.1) is 0 Å².